The average Bonchev–Trinajstić information content (AvgIpc) is 3.02. The molecule has 1 saturated heterocycles. The van der Waals surface area contributed by atoms with E-state index in [1.165, 1.54) is 42.4 Å². The first-order valence-corrected chi connectivity index (χ1v) is 8.87. The number of hydrogen-bond donors (Lipinski definition) is 1. The number of piperazine rings is 1. The number of rotatable bonds is 4. The van der Waals surface area contributed by atoms with Gasteiger partial charge < -0.3 is 0 Å². The zero-order valence-electron chi connectivity index (χ0n) is 14.0. The highest BCUT2D eigenvalue weighted by Gasteiger charge is 2.22. The Bertz CT molecular complexity index is 690. The third kappa shape index (κ3) is 3.35. The number of fused-ring (bicyclic) bond motifs is 1. The molecule has 2 aliphatic rings. The minimum Gasteiger partial charge on any atom is -0.296 e. The zero-order chi connectivity index (χ0) is 16.4. The minimum absolute atomic E-state index is 0.205. The Morgan fingerprint density at radius 3 is 2.58 bits per heavy atom. The quantitative estimate of drug-likeness (QED) is 0.934. The van der Waals surface area contributed by atoms with Crippen molar-refractivity contribution in [2.75, 3.05) is 26.2 Å². The van der Waals surface area contributed by atoms with Crippen LogP contribution in [0.25, 0.3) is 0 Å². The summed E-state index contributed by atoms with van der Waals surface area (Å²) in [5.41, 5.74) is 4.78. The number of nitrogens with zero attached hydrogens (tertiary/aromatic N) is 4. The fourth-order valence-electron chi connectivity index (χ4n) is 3.77. The smallest absolute Gasteiger partial charge is 0.145 e. The Morgan fingerprint density at radius 1 is 1.04 bits per heavy atom. The lowest BCUT2D eigenvalue weighted by Crippen LogP contribution is -2.45. The lowest BCUT2D eigenvalue weighted by atomic mass is 9.96. The molecule has 0 radical (unpaired) electrons. The molecule has 0 atom stereocenters. The van der Waals surface area contributed by atoms with Gasteiger partial charge in [-0.05, 0) is 37.3 Å². The van der Waals surface area contributed by atoms with Gasteiger partial charge in [-0.25, -0.2) is 4.39 Å². The second kappa shape index (κ2) is 6.99. The predicted molar refractivity (Wildman–Crippen MR) is 90.0 cm³/mol. The van der Waals surface area contributed by atoms with Gasteiger partial charge in [-0.3, -0.25) is 19.9 Å². The lowest BCUT2D eigenvalue weighted by molar-refractivity contribution is 0.120. The van der Waals surface area contributed by atoms with Gasteiger partial charge >= 0.3 is 0 Å². The van der Waals surface area contributed by atoms with Gasteiger partial charge in [0.2, 0.25) is 0 Å². The van der Waals surface area contributed by atoms with Crippen molar-refractivity contribution >= 4 is 0 Å². The maximum absolute atomic E-state index is 13.7. The highest BCUT2D eigenvalue weighted by atomic mass is 19.1. The number of aryl methyl sites for hydroxylation is 1. The molecule has 1 fully saturated rings. The molecule has 128 valence electrons. The van der Waals surface area contributed by atoms with Crippen molar-refractivity contribution in [3.05, 3.63) is 46.8 Å². The molecular formula is C18H24FN5. The summed E-state index contributed by atoms with van der Waals surface area (Å²) in [5, 5.41) is 7.78. The monoisotopic (exact) mass is 329 g/mol. The van der Waals surface area contributed by atoms with Gasteiger partial charge in [0.25, 0.3) is 0 Å². The van der Waals surface area contributed by atoms with E-state index in [1.807, 2.05) is 0 Å². The predicted octanol–water partition coefficient (Wildman–Crippen LogP) is 2.14. The van der Waals surface area contributed by atoms with Crippen molar-refractivity contribution in [3.8, 4) is 0 Å². The standard InChI is InChI=1S/C18H24FN5/c19-16-11-20-6-5-14(16)12-23-7-9-24(10-8-23)13-18-15-3-1-2-4-17(15)21-22-18/h5-6,11H,1-4,7-10,12-13H2,(H,21,22). The molecule has 3 heterocycles. The Kier molecular flexibility index (Phi) is 4.58. The summed E-state index contributed by atoms with van der Waals surface area (Å²) in [6.45, 7) is 5.55. The van der Waals surface area contributed by atoms with Crippen molar-refractivity contribution < 1.29 is 4.39 Å². The highest BCUT2D eigenvalue weighted by Crippen LogP contribution is 2.23. The van der Waals surface area contributed by atoms with Crippen LogP contribution in [0.1, 0.15) is 35.4 Å². The molecule has 1 N–H and O–H groups in total. The van der Waals surface area contributed by atoms with Gasteiger partial charge in [-0.2, -0.15) is 5.10 Å². The number of hydrogen-bond acceptors (Lipinski definition) is 4. The molecule has 24 heavy (non-hydrogen) atoms. The van der Waals surface area contributed by atoms with Gasteiger partial charge in [-0.1, -0.05) is 0 Å². The van der Waals surface area contributed by atoms with E-state index in [0.29, 0.717) is 6.54 Å². The average molecular weight is 329 g/mol. The Balaban J connectivity index is 1.32. The van der Waals surface area contributed by atoms with Crippen LogP contribution < -0.4 is 0 Å². The molecule has 2 aromatic heterocycles. The first kappa shape index (κ1) is 15.7. The maximum Gasteiger partial charge on any atom is 0.145 e. The van der Waals surface area contributed by atoms with Gasteiger partial charge in [0.15, 0.2) is 0 Å². The van der Waals surface area contributed by atoms with Gasteiger partial charge in [0.1, 0.15) is 5.82 Å². The molecule has 6 heteroatoms. The van der Waals surface area contributed by atoms with Crippen LogP contribution in [-0.2, 0) is 25.9 Å². The molecule has 5 nitrogen and oxygen atoms in total. The number of aromatic amines is 1. The summed E-state index contributed by atoms with van der Waals surface area (Å²) in [5.74, 6) is -0.205. The number of halogens is 1. The SMILES string of the molecule is Fc1cnccc1CN1CCN(Cc2n[nH]c3c2CCCC3)CC1. The third-order valence-corrected chi connectivity index (χ3v) is 5.23. The van der Waals surface area contributed by atoms with E-state index >= 15 is 0 Å². The minimum atomic E-state index is -0.205. The Hall–Kier alpha value is -1.79. The molecular weight excluding hydrogens is 305 g/mol. The summed E-state index contributed by atoms with van der Waals surface area (Å²) in [4.78, 5) is 8.59. The summed E-state index contributed by atoms with van der Waals surface area (Å²) in [6, 6.07) is 1.78. The van der Waals surface area contributed by atoms with Crippen LogP contribution in [0.3, 0.4) is 0 Å². The molecule has 1 aliphatic heterocycles. The topological polar surface area (TPSA) is 48.1 Å². The van der Waals surface area contributed by atoms with Crippen LogP contribution in [-0.4, -0.2) is 51.2 Å². The highest BCUT2D eigenvalue weighted by molar-refractivity contribution is 5.27. The first-order chi connectivity index (χ1) is 11.8. The molecule has 4 rings (SSSR count). The molecule has 0 bridgehead atoms. The van der Waals surface area contributed by atoms with Crippen molar-refractivity contribution in [1.82, 2.24) is 25.0 Å². The van der Waals surface area contributed by atoms with Crippen LogP contribution in [0, 0.1) is 5.82 Å². The van der Waals surface area contributed by atoms with Crippen LogP contribution in [0.15, 0.2) is 18.5 Å². The van der Waals surface area contributed by atoms with Gasteiger partial charge in [-0.15, -0.1) is 0 Å². The van der Waals surface area contributed by atoms with Crippen LogP contribution in [0.5, 0.6) is 0 Å². The molecule has 2 aromatic rings. The zero-order valence-corrected chi connectivity index (χ0v) is 14.0. The molecule has 0 spiro atoms. The maximum atomic E-state index is 13.7. The molecule has 0 unspecified atom stereocenters. The van der Waals surface area contributed by atoms with Crippen molar-refractivity contribution in [2.24, 2.45) is 0 Å². The van der Waals surface area contributed by atoms with Crippen LogP contribution >= 0.6 is 0 Å². The number of nitrogens with one attached hydrogen (secondary N) is 1. The summed E-state index contributed by atoms with van der Waals surface area (Å²) in [7, 11) is 0. The summed E-state index contributed by atoms with van der Waals surface area (Å²) >= 11 is 0. The Morgan fingerprint density at radius 2 is 1.79 bits per heavy atom. The largest absolute Gasteiger partial charge is 0.296 e. The number of aromatic nitrogens is 3. The van der Waals surface area contributed by atoms with E-state index in [-0.39, 0.29) is 5.82 Å². The Labute approximate surface area is 141 Å². The fraction of sp³-hybridized carbons (Fsp3) is 0.556. The van der Waals surface area contributed by atoms with Gasteiger partial charge in [0, 0.05) is 56.7 Å². The van der Waals surface area contributed by atoms with Crippen molar-refractivity contribution in [1.29, 1.82) is 0 Å². The van der Waals surface area contributed by atoms with Gasteiger partial charge in [0.05, 0.1) is 11.9 Å². The van der Waals surface area contributed by atoms with E-state index in [0.717, 1.165) is 44.7 Å². The number of pyridine rings is 1. The molecule has 0 aromatic carbocycles. The second-order valence-electron chi connectivity index (χ2n) is 6.85. The molecule has 0 amide bonds. The van der Waals surface area contributed by atoms with E-state index < -0.39 is 0 Å². The number of H-pyrrole nitrogens is 1. The van der Waals surface area contributed by atoms with Crippen LogP contribution in [0.4, 0.5) is 4.39 Å². The fourth-order valence-corrected chi connectivity index (χ4v) is 3.77. The van der Waals surface area contributed by atoms with Crippen molar-refractivity contribution in [2.45, 2.75) is 38.8 Å². The molecule has 1 aliphatic carbocycles. The lowest BCUT2D eigenvalue weighted by Gasteiger charge is -2.34. The molecule has 0 saturated carbocycles. The normalized spacial score (nSPS) is 19.4. The van der Waals surface area contributed by atoms with E-state index in [1.54, 1.807) is 12.3 Å². The second-order valence-corrected chi connectivity index (χ2v) is 6.85. The third-order valence-electron chi connectivity index (χ3n) is 5.23. The van der Waals surface area contributed by atoms with Crippen LogP contribution in [0.2, 0.25) is 0 Å². The van der Waals surface area contributed by atoms with E-state index in [4.69, 9.17) is 0 Å². The summed E-state index contributed by atoms with van der Waals surface area (Å²) in [6.07, 6.45) is 7.83. The van der Waals surface area contributed by atoms with E-state index in [9.17, 15) is 4.39 Å². The first-order valence-electron chi connectivity index (χ1n) is 8.87. The van der Waals surface area contributed by atoms with E-state index in [2.05, 4.69) is 25.0 Å². The summed E-state index contributed by atoms with van der Waals surface area (Å²) < 4.78 is 13.7. The van der Waals surface area contributed by atoms with Crippen molar-refractivity contribution in [3.63, 3.8) is 0 Å².